The minimum Gasteiger partial charge on any atom is -0.481 e. The molecule has 0 fully saturated rings. The van der Waals surface area contributed by atoms with Crippen LogP contribution < -0.4 is 0 Å². The minimum absolute atomic E-state index is 0.588. The fourth-order valence-corrected chi connectivity index (χ4v) is 0.528. The van der Waals surface area contributed by atoms with Gasteiger partial charge < -0.3 is 10.2 Å². The van der Waals surface area contributed by atoms with E-state index in [1.807, 2.05) is 0 Å². The standard InChI is InChI=1S/C6H8F2O4/c1-3(9)6(7,8)4(10)2-5(11)12/h4,10H,2H2,1H3,(H,11,12). The SMILES string of the molecule is CC(=O)C(F)(F)C(O)CC(=O)O. The molecular weight excluding hydrogens is 174 g/mol. The quantitative estimate of drug-likeness (QED) is 0.644. The Kier molecular flexibility index (Phi) is 3.26. The molecule has 1 unspecified atom stereocenters. The van der Waals surface area contributed by atoms with Crippen LogP contribution in [0, 0.1) is 0 Å². The van der Waals surface area contributed by atoms with Crippen molar-refractivity contribution < 1.29 is 28.6 Å². The molecular formula is C6H8F2O4. The number of carboxylic acid groups (broad SMARTS) is 1. The van der Waals surface area contributed by atoms with Gasteiger partial charge in [-0.05, 0) is 0 Å². The highest BCUT2D eigenvalue weighted by atomic mass is 19.3. The monoisotopic (exact) mass is 182 g/mol. The maximum Gasteiger partial charge on any atom is 0.330 e. The summed E-state index contributed by atoms with van der Waals surface area (Å²) in [7, 11) is 0. The first-order valence-corrected chi connectivity index (χ1v) is 3.07. The molecule has 70 valence electrons. The number of carbonyl (C=O) groups is 2. The molecule has 1 atom stereocenters. The Morgan fingerprint density at radius 2 is 1.92 bits per heavy atom. The molecule has 0 aliphatic carbocycles. The molecule has 0 aliphatic heterocycles. The molecule has 0 aromatic heterocycles. The van der Waals surface area contributed by atoms with Gasteiger partial charge in [0.1, 0.15) is 6.10 Å². The predicted octanol–water partition coefficient (Wildman–Crippen LogP) is 0.0463. The van der Waals surface area contributed by atoms with Crippen molar-refractivity contribution in [2.24, 2.45) is 0 Å². The Labute approximate surface area is 66.8 Å². The van der Waals surface area contributed by atoms with E-state index in [1.165, 1.54) is 0 Å². The first-order chi connectivity index (χ1) is 5.28. The molecule has 0 saturated carbocycles. The first-order valence-electron chi connectivity index (χ1n) is 3.07. The van der Waals surface area contributed by atoms with E-state index >= 15 is 0 Å². The van der Waals surface area contributed by atoms with Crippen LogP contribution in [0.4, 0.5) is 8.78 Å². The zero-order valence-corrected chi connectivity index (χ0v) is 6.25. The van der Waals surface area contributed by atoms with Crippen molar-refractivity contribution in [2.75, 3.05) is 0 Å². The Morgan fingerprint density at radius 1 is 1.50 bits per heavy atom. The summed E-state index contributed by atoms with van der Waals surface area (Å²) in [5.74, 6) is -7.10. The van der Waals surface area contributed by atoms with E-state index in [1.54, 1.807) is 0 Å². The number of aliphatic hydroxyl groups is 1. The van der Waals surface area contributed by atoms with Gasteiger partial charge in [0.05, 0.1) is 6.42 Å². The number of hydrogen-bond donors (Lipinski definition) is 2. The lowest BCUT2D eigenvalue weighted by molar-refractivity contribution is -0.164. The molecule has 0 bridgehead atoms. The maximum atomic E-state index is 12.4. The summed E-state index contributed by atoms with van der Waals surface area (Å²) in [4.78, 5) is 20.1. The van der Waals surface area contributed by atoms with Crippen molar-refractivity contribution in [3.63, 3.8) is 0 Å². The van der Waals surface area contributed by atoms with Crippen molar-refractivity contribution >= 4 is 11.8 Å². The van der Waals surface area contributed by atoms with Gasteiger partial charge in [-0.2, -0.15) is 8.78 Å². The van der Waals surface area contributed by atoms with E-state index in [4.69, 9.17) is 10.2 Å². The molecule has 0 aromatic rings. The Bertz CT molecular complexity index is 202. The second-order valence-corrected chi connectivity index (χ2v) is 2.29. The van der Waals surface area contributed by atoms with Gasteiger partial charge in [0.2, 0.25) is 5.78 Å². The van der Waals surface area contributed by atoms with Crippen LogP contribution in [0.1, 0.15) is 13.3 Å². The van der Waals surface area contributed by atoms with Crippen LogP contribution in [0.2, 0.25) is 0 Å². The summed E-state index contributed by atoms with van der Waals surface area (Å²) in [6.45, 7) is 0.588. The second-order valence-electron chi connectivity index (χ2n) is 2.29. The summed E-state index contributed by atoms with van der Waals surface area (Å²) >= 11 is 0. The third-order valence-corrected chi connectivity index (χ3v) is 1.26. The van der Waals surface area contributed by atoms with Gasteiger partial charge in [0, 0.05) is 6.92 Å². The van der Waals surface area contributed by atoms with E-state index in [9.17, 15) is 18.4 Å². The van der Waals surface area contributed by atoms with Gasteiger partial charge in [-0.3, -0.25) is 9.59 Å². The van der Waals surface area contributed by atoms with Gasteiger partial charge in [-0.1, -0.05) is 0 Å². The zero-order valence-electron chi connectivity index (χ0n) is 6.25. The number of Topliss-reactive ketones (excluding diaryl/α,β-unsaturated/α-hetero) is 1. The van der Waals surface area contributed by atoms with E-state index in [0.29, 0.717) is 6.92 Å². The number of alkyl halides is 2. The molecule has 0 heterocycles. The molecule has 0 aliphatic rings. The molecule has 0 rings (SSSR count). The highest BCUT2D eigenvalue weighted by molar-refractivity contribution is 5.84. The number of hydrogen-bond acceptors (Lipinski definition) is 3. The van der Waals surface area contributed by atoms with Crippen LogP contribution in [-0.2, 0) is 9.59 Å². The average Bonchev–Trinajstić information content (AvgIpc) is 1.85. The van der Waals surface area contributed by atoms with E-state index in [2.05, 4.69) is 0 Å². The van der Waals surface area contributed by atoms with Crippen molar-refractivity contribution in [1.82, 2.24) is 0 Å². The number of aliphatic hydroxyl groups excluding tert-OH is 1. The minimum atomic E-state index is -3.97. The van der Waals surface area contributed by atoms with Crippen molar-refractivity contribution in [1.29, 1.82) is 0 Å². The lowest BCUT2D eigenvalue weighted by atomic mass is 10.1. The number of ketones is 1. The number of rotatable bonds is 4. The number of halogens is 2. The van der Waals surface area contributed by atoms with E-state index < -0.39 is 30.2 Å². The third kappa shape index (κ3) is 2.54. The molecule has 0 radical (unpaired) electrons. The van der Waals surface area contributed by atoms with E-state index in [-0.39, 0.29) is 0 Å². The Hall–Kier alpha value is -1.04. The summed E-state index contributed by atoms with van der Waals surface area (Å²) in [5.41, 5.74) is 0. The van der Waals surface area contributed by atoms with Crippen LogP contribution in [0.15, 0.2) is 0 Å². The van der Waals surface area contributed by atoms with Crippen molar-refractivity contribution in [3.05, 3.63) is 0 Å². The van der Waals surface area contributed by atoms with Crippen LogP contribution >= 0.6 is 0 Å². The number of carbonyl (C=O) groups excluding carboxylic acids is 1. The van der Waals surface area contributed by atoms with E-state index in [0.717, 1.165) is 0 Å². The number of aliphatic carboxylic acids is 1. The molecule has 6 heteroatoms. The average molecular weight is 182 g/mol. The summed E-state index contributed by atoms with van der Waals surface area (Å²) in [5, 5.41) is 16.6. The molecule has 2 N–H and O–H groups in total. The molecule has 0 saturated heterocycles. The van der Waals surface area contributed by atoms with Crippen LogP contribution in [0.3, 0.4) is 0 Å². The smallest absolute Gasteiger partial charge is 0.330 e. The van der Waals surface area contributed by atoms with Crippen LogP contribution in [-0.4, -0.2) is 34.0 Å². The van der Waals surface area contributed by atoms with Crippen molar-refractivity contribution in [2.45, 2.75) is 25.4 Å². The lowest BCUT2D eigenvalue weighted by Gasteiger charge is -2.17. The summed E-state index contributed by atoms with van der Waals surface area (Å²) in [6.07, 6.45) is -3.60. The van der Waals surface area contributed by atoms with Crippen molar-refractivity contribution in [3.8, 4) is 0 Å². The Balaban J connectivity index is 4.35. The van der Waals surface area contributed by atoms with Crippen LogP contribution in [0.25, 0.3) is 0 Å². The van der Waals surface area contributed by atoms with Gasteiger partial charge in [0.15, 0.2) is 0 Å². The Morgan fingerprint density at radius 3 is 2.17 bits per heavy atom. The largest absolute Gasteiger partial charge is 0.481 e. The fourth-order valence-electron chi connectivity index (χ4n) is 0.528. The third-order valence-electron chi connectivity index (χ3n) is 1.26. The van der Waals surface area contributed by atoms with Crippen LogP contribution in [0.5, 0.6) is 0 Å². The molecule has 0 aromatic carbocycles. The predicted molar refractivity (Wildman–Crippen MR) is 33.9 cm³/mol. The fraction of sp³-hybridized carbons (Fsp3) is 0.667. The summed E-state index contributed by atoms with van der Waals surface area (Å²) < 4.78 is 24.9. The van der Waals surface area contributed by atoms with Gasteiger partial charge >= 0.3 is 11.9 Å². The molecule has 0 amide bonds. The maximum absolute atomic E-state index is 12.4. The first kappa shape index (κ1) is 11.0. The van der Waals surface area contributed by atoms with Gasteiger partial charge in [-0.25, -0.2) is 0 Å². The highest BCUT2D eigenvalue weighted by Crippen LogP contribution is 2.21. The molecule has 0 spiro atoms. The number of carboxylic acids is 1. The topological polar surface area (TPSA) is 74.6 Å². The second kappa shape index (κ2) is 3.57. The molecule has 12 heavy (non-hydrogen) atoms. The normalized spacial score (nSPS) is 14.0. The zero-order chi connectivity index (χ0) is 9.94. The lowest BCUT2D eigenvalue weighted by Crippen LogP contribution is -2.41. The highest BCUT2D eigenvalue weighted by Gasteiger charge is 2.44. The molecule has 4 nitrogen and oxygen atoms in total. The van der Waals surface area contributed by atoms with Gasteiger partial charge in [0.25, 0.3) is 0 Å². The summed E-state index contributed by atoms with van der Waals surface area (Å²) in [6, 6.07) is 0. The van der Waals surface area contributed by atoms with Gasteiger partial charge in [-0.15, -0.1) is 0 Å².